The van der Waals surface area contributed by atoms with Crippen LogP contribution in [0.1, 0.15) is 90.4 Å². The fourth-order valence-electron chi connectivity index (χ4n) is 2.48. The van der Waals surface area contributed by atoms with Gasteiger partial charge in [0.2, 0.25) is 0 Å². The summed E-state index contributed by atoms with van der Waals surface area (Å²) >= 11 is 0. The van der Waals surface area contributed by atoms with Gasteiger partial charge in [-0.05, 0) is 6.42 Å². The molecule has 0 atom stereocenters. The lowest BCUT2D eigenvalue weighted by Gasteiger charge is -2.13. The molecule has 0 heterocycles. The molecule has 0 aromatic rings. The van der Waals surface area contributed by atoms with Crippen LogP contribution >= 0.6 is 0 Å². The van der Waals surface area contributed by atoms with Gasteiger partial charge in [-0.1, -0.05) is 84.0 Å². The summed E-state index contributed by atoms with van der Waals surface area (Å²) in [5.41, 5.74) is 5.17. The number of nitrogens with zero attached hydrogens (tertiary/aromatic N) is 1. The van der Waals surface area contributed by atoms with Gasteiger partial charge in [0.25, 0.3) is 0 Å². The zero-order valence-electron chi connectivity index (χ0n) is 13.8. The molecule has 0 aliphatic carbocycles. The molecule has 0 bridgehead atoms. The fraction of sp³-hybridized carbons (Fsp3) is 0.941. The normalized spacial score (nSPS) is 10.7. The van der Waals surface area contributed by atoms with Crippen LogP contribution in [0.2, 0.25) is 0 Å². The molecule has 2 N–H and O–H groups in total. The summed E-state index contributed by atoms with van der Waals surface area (Å²) in [6.07, 6.45) is 17.6. The Balaban J connectivity index is 3.04. The van der Waals surface area contributed by atoms with Crippen molar-refractivity contribution >= 4 is 6.03 Å². The van der Waals surface area contributed by atoms with Crippen LogP contribution in [0.5, 0.6) is 0 Å². The van der Waals surface area contributed by atoms with Crippen molar-refractivity contribution in [2.45, 2.75) is 90.4 Å². The molecule has 2 amide bonds. The second-order valence-electron chi connectivity index (χ2n) is 6.00. The first-order valence-corrected chi connectivity index (χ1v) is 8.69. The summed E-state index contributed by atoms with van der Waals surface area (Å²) < 4.78 is 0. The number of urea groups is 1. The van der Waals surface area contributed by atoms with E-state index in [1.807, 2.05) is 0 Å². The Morgan fingerprint density at radius 2 is 1.10 bits per heavy atom. The van der Waals surface area contributed by atoms with Gasteiger partial charge in [-0.15, -0.1) is 0 Å². The number of unbranched alkanes of at least 4 members (excludes halogenated alkanes) is 12. The largest absolute Gasteiger partial charge is 0.351 e. The van der Waals surface area contributed by atoms with Gasteiger partial charge < -0.3 is 10.6 Å². The quantitative estimate of drug-likeness (QED) is 0.444. The number of carbonyl (C=O) groups is 1. The molecule has 3 heteroatoms. The van der Waals surface area contributed by atoms with Gasteiger partial charge in [0.1, 0.15) is 0 Å². The SMILES string of the molecule is CCCCCCCCCCCCCCCN(C)C(N)=O. The van der Waals surface area contributed by atoms with Gasteiger partial charge in [0, 0.05) is 13.6 Å². The molecule has 0 aliphatic heterocycles. The minimum absolute atomic E-state index is 0.316. The summed E-state index contributed by atoms with van der Waals surface area (Å²) in [6, 6.07) is -0.316. The molecule has 0 radical (unpaired) electrons. The predicted molar refractivity (Wildman–Crippen MR) is 87.9 cm³/mol. The molecule has 0 fully saturated rings. The third-order valence-corrected chi connectivity index (χ3v) is 3.97. The van der Waals surface area contributed by atoms with Gasteiger partial charge in [0.15, 0.2) is 0 Å². The van der Waals surface area contributed by atoms with Crippen molar-refractivity contribution in [1.82, 2.24) is 4.90 Å². The molecule has 0 unspecified atom stereocenters. The standard InChI is InChI=1S/C17H36N2O/c1-3-4-5-6-7-8-9-10-11-12-13-14-15-16-19(2)17(18)20/h3-16H2,1-2H3,(H2,18,20). The molecular weight excluding hydrogens is 248 g/mol. The fourth-order valence-corrected chi connectivity index (χ4v) is 2.48. The summed E-state index contributed by atoms with van der Waals surface area (Å²) in [4.78, 5) is 12.4. The third-order valence-electron chi connectivity index (χ3n) is 3.97. The number of carbonyl (C=O) groups excluding carboxylic acids is 1. The molecule has 0 aromatic carbocycles. The maximum atomic E-state index is 10.8. The lowest BCUT2D eigenvalue weighted by molar-refractivity contribution is 0.217. The zero-order valence-corrected chi connectivity index (χ0v) is 13.8. The highest BCUT2D eigenvalue weighted by molar-refractivity contribution is 5.71. The highest BCUT2D eigenvalue weighted by Gasteiger charge is 2.01. The molecule has 0 spiro atoms. The Bertz CT molecular complexity index is 219. The van der Waals surface area contributed by atoms with Crippen LogP contribution in [0.4, 0.5) is 4.79 Å². The van der Waals surface area contributed by atoms with Crippen molar-refractivity contribution in [3.63, 3.8) is 0 Å². The van der Waals surface area contributed by atoms with Gasteiger partial charge >= 0.3 is 6.03 Å². The first-order chi connectivity index (χ1) is 9.68. The molecule has 0 saturated heterocycles. The summed E-state index contributed by atoms with van der Waals surface area (Å²) in [5.74, 6) is 0. The van der Waals surface area contributed by atoms with Crippen LogP contribution < -0.4 is 5.73 Å². The molecule has 3 nitrogen and oxygen atoms in total. The van der Waals surface area contributed by atoms with Crippen LogP contribution in [0.25, 0.3) is 0 Å². The van der Waals surface area contributed by atoms with E-state index in [9.17, 15) is 4.79 Å². The number of primary amides is 1. The van der Waals surface area contributed by atoms with E-state index in [0.29, 0.717) is 0 Å². The second kappa shape index (κ2) is 14.7. The van der Waals surface area contributed by atoms with E-state index in [-0.39, 0.29) is 6.03 Å². The van der Waals surface area contributed by atoms with Crippen molar-refractivity contribution in [3.05, 3.63) is 0 Å². The molecule has 20 heavy (non-hydrogen) atoms. The van der Waals surface area contributed by atoms with E-state index in [1.54, 1.807) is 11.9 Å². The van der Waals surface area contributed by atoms with Crippen LogP contribution in [0, 0.1) is 0 Å². The number of nitrogens with two attached hydrogens (primary N) is 1. The number of amides is 2. The van der Waals surface area contributed by atoms with Crippen molar-refractivity contribution in [2.24, 2.45) is 5.73 Å². The molecule has 0 aliphatic rings. The van der Waals surface area contributed by atoms with E-state index >= 15 is 0 Å². The van der Waals surface area contributed by atoms with Gasteiger partial charge in [-0.2, -0.15) is 0 Å². The first kappa shape index (κ1) is 19.3. The van der Waals surface area contributed by atoms with Crippen molar-refractivity contribution in [1.29, 1.82) is 0 Å². The lowest BCUT2D eigenvalue weighted by atomic mass is 10.0. The molecule has 0 aromatic heterocycles. The average molecular weight is 284 g/mol. The van der Waals surface area contributed by atoms with E-state index in [1.165, 1.54) is 77.0 Å². The Kier molecular flexibility index (Phi) is 14.1. The Morgan fingerprint density at radius 3 is 1.45 bits per heavy atom. The van der Waals surface area contributed by atoms with Crippen LogP contribution in [0.15, 0.2) is 0 Å². The minimum atomic E-state index is -0.316. The monoisotopic (exact) mass is 284 g/mol. The van der Waals surface area contributed by atoms with Crippen molar-refractivity contribution in [2.75, 3.05) is 13.6 Å². The molecular formula is C17H36N2O. The Hall–Kier alpha value is -0.730. The first-order valence-electron chi connectivity index (χ1n) is 8.69. The highest BCUT2D eigenvalue weighted by atomic mass is 16.2. The number of hydrogen-bond acceptors (Lipinski definition) is 1. The van der Waals surface area contributed by atoms with Crippen molar-refractivity contribution in [3.8, 4) is 0 Å². The lowest BCUT2D eigenvalue weighted by Crippen LogP contribution is -2.32. The second-order valence-corrected chi connectivity index (χ2v) is 6.00. The van der Waals surface area contributed by atoms with Gasteiger partial charge in [-0.25, -0.2) is 4.79 Å². The topological polar surface area (TPSA) is 46.3 Å². The minimum Gasteiger partial charge on any atom is -0.351 e. The third kappa shape index (κ3) is 13.7. The van der Waals surface area contributed by atoms with E-state index in [2.05, 4.69) is 6.92 Å². The van der Waals surface area contributed by atoms with Crippen LogP contribution in [0.3, 0.4) is 0 Å². The number of hydrogen-bond donors (Lipinski definition) is 1. The van der Waals surface area contributed by atoms with Gasteiger partial charge in [-0.3, -0.25) is 0 Å². The number of rotatable bonds is 14. The molecule has 120 valence electrons. The predicted octanol–water partition coefficient (Wildman–Crippen LogP) is 5.09. The summed E-state index contributed by atoms with van der Waals surface area (Å²) in [7, 11) is 1.77. The van der Waals surface area contributed by atoms with Gasteiger partial charge in [0.05, 0.1) is 0 Å². The molecule has 0 saturated carbocycles. The average Bonchev–Trinajstić information content (AvgIpc) is 2.43. The van der Waals surface area contributed by atoms with Crippen LogP contribution in [-0.4, -0.2) is 24.5 Å². The Morgan fingerprint density at radius 1 is 0.750 bits per heavy atom. The summed E-state index contributed by atoms with van der Waals surface area (Å²) in [6.45, 7) is 3.07. The van der Waals surface area contributed by atoms with Crippen LogP contribution in [-0.2, 0) is 0 Å². The maximum Gasteiger partial charge on any atom is 0.314 e. The van der Waals surface area contributed by atoms with Crippen molar-refractivity contribution < 1.29 is 4.79 Å². The maximum absolute atomic E-state index is 10.8. The smallest absolute Gasteiger partial charge is 0.314 e. The van der Waals surface area contributed by atoms with E-state index < -0.39 is 0 Å². The zero-order chi connectivity index (χ0) is 15.1. The van der Waals surface area contributed by atoms with E-state index in [0.717, 1.165) is 13.0 Å². The van der Waals surface area contributed by atoms with E-state index in [4.69, 9.17) is 5.73 Å². The Labute approximate surface area is 126 Å². The molecule has 0 rings (SSSR count). The highest BCUT2D eigenvalue weighted by Crippen LogP contribution is 2.12. The summed E-state index contributed by atoms with van der Waals surface area (Å²) in [5, 5.41) is 0.